The summed E-state index contributed by atoms with van der Waals surface area (Å²) < 4.78 is 19.2. The number of anilines is 2. The van der Waals surface area contributed by atoms with Crippen molar-refractivity contribution in [1.29, 1.82) is 0 Å². The predicted molar refractivity (Wildman–Crippen MR) is 116 cm³/mol. The van der Waals surface area contributed by atoms with Crippen LogP contribution in [0.2, 0.25) is 0 Å². The van der Waals surface area contributed by atoms with E-state index in [1.807, 2.05) is 0 Å². The monoisotopic (exact) mass is 421 g/mol. The van der Waals surface area contributed by atoms with E-state index in [1.54, 1.807) is 24.3 Å². The Kier molecular flexibility index (Phi) is 5.19. The Bertz CT molecular complexity index is 1030. The summed E-state index contributed by atoms with van der Waals surface area (Å²) in [4.78, 5) is 30.8. The highest BCUT2D eigenvalue weighted by molar-refractivity contribution is 6.21. The van der Waals surface area contributed by atoms with Crippen molar-refractivity contribution in [2.75, 3.05) is 55.7 Å². The molecule has 0 N–H and O–H groups in total. The van der Waals surface area contributed by atoms with Gasteiger partial charge in [-0.05, 0) is 47.9 Å². The van der Waals surface area contributed by atoms with E-state index in [1.165, 1.54) is 11.3 Å². The molecule has 160 valence electrons. The molecule has 0 spiro atoms. The molecule has 2 aromatic rings. The van der Waals surface area contributed by atoms with E-state index in [2.05, 4.69) is 28.0 Å². The summed E-state index contributed by atoms with van der Waals surface area (Å²) in [5.41, 5.74) is 4.68. The number of carbonyl (C=O) groups excluding carboxylic acids is 2. The lowest BCUT2D eigenvalue weighted by Gasteiger charge is -2.29. The smallest absolute Gasteiger partial charge is 0.261 e. The van der Waals surface area contributed by atoms with Crippen LogP contribution in [0.15, 0.2) is 54.4 Å². The molecule has 2 aromatic carbocycles. The van der Waals surface area contributed by atoms with Crippen LogP contribution in [0, 0.1) is 0 Å². The molecule has 5 rings (SSSR count). The summed E-state index contributed by atoms with van der Waals surface area (Å²) in [5.74, 6) is -0.728. The molecule has 0 aromatic heterocycles. The molecule has 3 heterocycles. The van der Waals surface area contributed by atoms with Crippen LogP contribution in [0.25, 0.3) is 0 Å². The number of nitrogens with zero attached hydrogens (tertiary/aromatic N) is 3. The van der Waals surface area contributed by atoms with Crippen LogP contribution in [-0.2, 0) is 11.2 Å². The standard InChI is InChI=1S/C24H24FN3O3/c25-14-17(16-28-23(29)20-3-1-2-4-21(20)24(28)30)15-27-8-7-18-13-19(5-6-22(18)27)26-9-11-31-12-10-26/h1-6,13-14H,7-12,15-16H2. The number of amides is 2. The molecule has 3 aliphatic rings. The number of hydrogen-bond acceptors (Lipinski definition) is 5. The van der Waals surface area contributed by atoms with Gasteiger partial charge in [0.2, 0.25) is 0 Å². The van der Waals surface area contributed by atoms with Crippen molar-refractivity contribution in [3.63, 3.8) is 0 Å². The molecule has 0 atom stereocenters. The van der Waals surface area contributed by atoms with E-state index in [9.17, 15) is 14.0 Å². The van der Waals surface area contributed by atoms with Gasteiger partial charge in [0.1, 0.15) is 0 Å². The molecule has 31 heavy (non-hydrogen) atoms. The quantitative estimate of drug-likeness (QED) is 0.695. The Morgan fingerprint density at radius 2 is 1.68 bits per heavy atom. The molecule has 0 saturated carbocycles. The first kappa shape index (κ1) is 19.8. The fraction of sp³-hybridized carbons (Fsp3) is 0.333. The molecule has 0 radical (unpaired) electrons. The van der Waals surface area contributed by atoms with Crippen LogP contribution in [0.4, 0.5) is 15.8 Å². The highest BCUT2D eigenvalue weighted by atomic mass is 19.1. The number of fused-ring (bicyclic) bond motifs is 2. The normalized spacial score (nSPS) is 18.6. The van der Waals surface area contributed by atoms with E-state index in [4.69, 9.17) is 4.74 Å². The first-order valence-corrected chi connectivity index (χ1v) is 10.6. The van der Waals surface area contributed by atoms with Gasteiger partial charge in [0.05, 0.1) is 37.2 Å². The van der Waals surface area contributed by atoms with E-state index in [-0.39, 0.29) is 18.4 Å². The molecule has 0 bridgehead atoms. The van der Waals surface area contributed by atoms with Crippen LogP contribution in [-0.4, -0.2) is 62.7 Å². The Hall–Kier alpha value is -3.19. The number of benzene rings is 2. The number of rotatable bonds is 5. The zero-order valence-corrected chi connectivity index (χ0v) is 17.2. The van der Waals surface area contributed by atoms with Crippen molar-refractivity contribution in [1.82, 2.24) is 4.90 Å². The summed E-state index contributed by atoms with van der Waals surface area (Å²) >= 11 is 0. The molecule has 7 heteroatoms. The van der Waals surface area contributed by atoms with Gasteiger partial charge < -0.3 is 14.5 Å². The van der Waals surface area contributed by atoms with E-state index < -0.39 is 0 Å². The van der Waals surface area contributed by atoms with Gasteiger partial charge in [-0.1, -0.05) is 12.1 Å². The molecule has 0 aliphatic carbocycles. The average molecular weight is 421 g/mol. The fourth-order valence-corrected chi connectivity index (χ4v) is 4.59. The maximum Gasteiger partial charge on any atom is 0.261 e. The fourth-order valence-electron chi connectivity index (χ4n) is 4.59. The highest BCUT2D eigenvalue weighted by Gasteiger charge is 2.35. The van der Waals surface area contributed by atoms with Crippen LogP contribution in [0.5, 0.6) is 0 Å². The number of ether oxygens (including phenoxy) is 1. The van der Waals surface area contributed by atoms with Gasteiger partial charge >= 0.3 is 0 Å². The second kappa shape index (κ2) is 8.15. The Morgan fingerprint density at radius 3 is 2.35 bits per heavy atom. The second-order valence-electron chi connectivity index (χ2n) is 8.09. The summed E-state index contributed by atoms with van der Waals surface area (Å²) in [6, 6.07) is 13.1. The van der Waals surface area contributed by atoms with Crippen molar-refractivity contribution >= 4 is 23.2 Å². The lowest BCUT2D eigenvalue weighted by Crippen LogP contribution is -2.36. The zero-order valence-electron chi connectivity index (χ0n) is 17.2. The van der Waals surface area contributed by atoms with Gasteiger partial charge in [-0.25, -0.2) is 4.39 Å². The summed E-state index contributed by atoms with van der Waals surface area (Å²) in [5, 5.41) is 0. The molecular formula is C24H24FN3O3. The van der Waals surface area contributed by atoms with Crippen molar-refractivity contribution < 1.29 is 18.7 Å². The second-order valence-corrected chi connectivity index (χ2v) is 8.09. The Balaban J connectivity index is 1.28. The molecule has 0 unspecified atom stereocenters. The van der Waals surface area contributed by atoms with Gasteiger partial charge in [0.15, 0.2) is 0 Å². The number of imide groups is 1. The molecule has 3 aliphatic heterocycles. The third kappa shape index (κ3) is 3.59. The van der Waals surface area contributed by atoms with E-state index >= 15 is 0 Å². The predicted octanol–water partition coefficient (Wildman–Crippen LogP) is 3.04. The summed E-state index contributed by atoms with van der Waals surface area (Å²) in [6.45, 7) is 4.34. The minimum atomic E-state index is -0.364. The first-order chi connectivity index (χ1) is 15.2. The minimum Gasteiger partial charge on any atom is -0.378 e. The summed E-state index contributed by atoms with van der Waals surface area (Å²) in [6.07, 6.45) is 1.42. The van der Waals surface area contributed by atoms with Gasteiger partial charge in [-0.3, -0.25) is 14.5 Å². The number of hydrogen-bond donors (Lipinski definition) is 0. The molecular weight excluding hydrogens is 397 g/mol. The van der Waals surface area contributed by atoms with Crippen LogP contribution in [0.3, 0.4) is 0 Å². The molecule has 2 amide bonds. The third-order valence-corrected chi connectivity index (χ3v) is 6.22. The molecule has 6 nitrogen and oxygen atoms in total. The highest BCUT2D eigenvalue weighted by Crippen LogP contribution is 2.33. The summed E-state index contributed by atoms with van der Waals surface area (Å²) in [7, 11) is 0. The Labute approximate surface area is 180 Å². The van der Waals surface area contributed by atoms with Gasteiger partial charge in [-0.2, -0.15) is 0 Å². The van der Waals surface area contributed by atoms with Gasteiger partial charge in [0, 0.05) is 37.6 Å². The number of morpholine rings is 1. The van der Waals surface area contributed by atoms with Crippen molar-refractivity contribution in [3.05, 3.63) is 71.1 Å². The van der Waals surface area contributed by atoms with Crippen molar-refractivity contribution in [2.45, 2.75) is 6.42 Å². The van der Waals surface area contributed by atoms with Crippen LogP contribution in [0.1, 0.15) is 26.3 Å². The van der Waals surface area contributed by atoms with Crippen LogP contribution >= 0.6 is 0 Å². The topological polar surface area (TPSA) is 53.1 Å². The SMILES string of the molecule is O=C1c2ccccc2C(=O)N1CC(=CF)CN1CCc2cc(N3CCOCC3)ccc21. The number of carbonyl (C=O) groups is 2. The van der Waals surface area contributed by atoms with E-state index in [0.29, 0.717) is 29.6 Å². The van der Waals surface area contributed by atoms with Gasteiger partial charge in [-0.15, -0.1) is 0 Å². The molecule has 1 fully saturated rings. The Morgan fingerprint density at radius 1 is 0.968 bits per heavy atom. The average Bonchev–Trinajstić information content (AvgIpc) is 3.33. The van der Waals surface area contributed by atoms with Crippen molar-refractivity contribution in [3.8, 4) is 0 Å². The zero-order chi connectivity index (χ0) is 21.4. The maximum absolute atomic E-state index is 13.8. The van der Waals surface area contributed by atoms with Crippen molar-refractivity contribution in [2.24, 2.45) is 0 Å². The third-order valence-electron chi connectivity index (χ3n) is 6.22. The maximum atomic E-state index is 13.8. The largest absolute Gasteiger partial charge is 0.378 e. The first-order valence-electron chi connectivity index (χ1n) is 10.6. The van der Waals surface area contributed by atoms with Crippen LogP contribution < -0.4 is 9.80 Å². The number of halogens is 1. The lowest BCUT2D eigenvalue weighted by molar-refractivity contribution is 0.0667. The lowest BCUT2D eigenvalue weighted by atomic mass is 10.1. The van der Waals surface area contributed by atoms with Gasteiger partial charge in [0.25, 0.3) is 11.8 Å². The minimum absolute atomic E-state index is 0.0411. The molecule has 1 saturated heterocycles. The van der Waals surface area contributed by atoms with E-state index in [0.717, 1.165) is 49.9 Å².